The second-order valence-corrected chi connectivity index (χ2v) is 10.2. The van der Waals surface area contributed by atoms with Gasteiger partial charge in [0, 0.05) is 43.5 Å². The molecule has 0 aliphatic carbocycles. The zero-order valence-corrected chi connectivity index (χ0v) is 21.0. The van der Waals surface area contributed by atoms with Gasteiger partial charge in [-0.2, -0.15) is 9.40 Å². The highest BCUT2D eigenvalue weighted by molar-refractivity contribution is 7.89. The Kier molecular flexibility index (Phi) is 9.01. The number of aryl methyl sites for hydroxylation is 1. The maximum absolute atomic E-state index is 12.7. The fourth-order valence-electron chi connectivity index (χ4n) is 3.89. The second-order valence-electron chi connectivity index (χ2n) is 8.30. The molecule has 0 unspecified atom stereocenters. The summed E-state index contributed by atoms with van der Waals surface area (Å²) in [5, 5.41) is 7.51. The van der Waals surface area contributed by atoms with E-state index >= 15 is 0 Å². The largest absolute Gasteiger partial charge is 0.342 e. The number of H-pyrrole nitrogens is 1. The molecule has 8 heteroatoms. The van der Waals surface area contributed by atoms with E-state index in [4.69, 9.17) is 0 Å². The lowest BCUT2D eigenvalue weighted by Crippen LogP contribution is -2.31. The SMILES string of the molecule is CCN(CC)S(=O)(=O)c1ccc(C(=O)N(C)CCCCCc2cc(-c3ccccc3)n[nH]2)cc1. The van der Waals surface area contributed by atoms with Gasteiger partial charge in [-0.25, -0.2) is 8.42 Å². The van der Waals surface area contributed by atoms with E-state index < -0.39 is 10.0 Å². The van der Waals surface area contributed by atoms with E-state index in [-0.39, 0.29) is 10.8 Å². The first kappa shape index (κ1) is 25.6. The van der Waals surface area contributed by atoms with E-state index in [9.17, 15) is 13.2 Å². The molecule has 0 saturated heterocycles. The molecular weight excluding hydrogens is 448 g/mol. The number of amides is 1. The van der Waals surface area contributed by atoms with Gasteiger partial charge in [-0.1, -0.05) is 50.6 Å². The second kappa shape index (κ2) is 11.9. The highest BCUT2D eigenvalue weighted by atomic mass is 32.2. The Balaban J connectivity index is 1.44. The Bertz CT molecular complexity index is 1150. The van der Waals surface area contributed by atoms with Crippen LogP contribution >= 0.6 is 0 Å². The molecule has 2 aromatic carbocycles. The summed E-state index contributed by atoms with van der Waals surface area (Å²) < 4.78 is 26.6. The number of hydrogen-bond acceptors (Lipinski definition) is 4. The number of unbranched alkanes of at least 4 members (excludes halogenated alkanes) is 2. The van der Waals surface area contributed by atoms with Crippen LogP contribution in [0.2, 0.25) is 0 Å². The van der Waals surface area contributed by atoms with Gasteiger partial charge in [-0.15, -0.1) is 0 Å². The van der Waals surface area contributed by atoms with E-state index in [0.717, 1.165) is 42.6 Å². The summed E-state index contributed by atoms with van der Waals surface area (Å²) in [4.78, 5) is 14.6. The van der Waals surface area contributed by atoms with E-state index in [1.54, 1.807) is 24.1 Å². The van der Waals surface area contributed by atoms with Crippen molar-refractivity contribution in [3.63, 3.8) is 0 Å². The predicted octanol–water partition coefficient (Wildman–Crippen LogP) is 4.59. The third-order valence-electron chi connectivity index (χ3n) is 5.93. The molecule has 3 aromatic rings. The van der Waals surface area contributed by atoms with Gasteiger partial charge in [0.05, 0.1) is 10.6 Å². The van der Waals surface area contributed by atoms with Gasteiger partial charge in [-0.3, -0.25) is 9.89 Å². The van der Waals surface area contributed by atoms with Crippen molar-refractivity contribution in [1.29, 1.82) is 0 Å². The van der Waals surface area contributed by atoms with Crippen molar-refractivity contribution in [2.45, 2.75) is 44.4 Å². The molecule has 0 bridgehead atoms. The number of carbonyl (C=O) groups is 1. The van der Waals surface area contributed by atoms with Crippen molar-refractivity contribution in [2.75, 3.05) is 26.7 Å². The van der Waals surface area contributed by atoms with Crippen molar-refractivity contribution in [3.05, 3.63) is 71.9 Å². The lowest BCUT2D eigenvalue weighted by Gasteiger charge is -2.19. The molecule has 0 fully saturated rings. The summed E-state index contributed by atoms with van der Waals surface area (Å²) in [6, 6.07) is 18.4. The summed E-state index contributed by atoms with van der Waals surface area (Å²) in [5.74, 6) is -0.104. The Morgan fingerprint density at radius 3 is 2.26 bits per heavy atom. The van der Waals surface area contributed by atoms with Gasteiger partial charge in [-0.05, 0) is 49.6 Å². The monoisotopic (exact) mass is 482 g/mol. The van der Waals surface area contributed by atoms with Gasteiger partial charge in [0.15, 0.2) is 0 Å². The average Bonchev–Trinajstić information content (AvgIpc) is 3.33. The number of carbonyl (C=O) groups excluding carboxylic acids is 1. The summed E-state index contributed by atoms with van der Waals surface area (Å²) in [7, 11) is -1.74. The number of sulfonamides is 1. The van der Waals surface area contributed by atoms with Gasteiger partial charge in [0.1, 0.15) is 0 Å². The molecule has 0 spiro atoms. The maximum Gasteiger partial charge on any atom is 0.253 e. The third kappa shape index (κ3) is 6.33. The molecule has 3 rings (SSSR count). The highest BCUT2D eigenvalue weighted by Gasteiger charge is 2.22. The van der Waals surface area contributed by atoms with Crippen molar-refractivity contribution < 1.29 is 13.2 Å². The number of rotatable bonds is 12. The van der Waals surface area contributed by atoms with Crippen LogP contribution in [0.5, 0.6) is 0 Å². The molecule has 34 heavy (non-hydrogen) atoms. The molecule has 1 heterocycles. The highest BCUT2D eigenvalue weighted by Crippen LogP contribution is 2.19. The zero-order valence-electron chi connectivity index (χ0n) is 20.2. The first-order valence-electron chi connectivity index (χ1n) is 11.8. The van der Waals surface area contributed by atoms with Crippen LogP contribution in [-0.4, -0.2) is 60.4 Å². The Morgan fingerprint density at radius 2 is 1.62 bits per heavy atom. The summed E-state index contributed by atoms with van der Waals surface area (Å²) in [5.41, 5.74) is 3.66. The Labute approximate surface area is 202 Å². The molecule has 0 radical (unpaired) electrons. The minimum atomic E-state index is -3.52. The molecule has 0 saturated carbocycles. The van der Waals surface area contributed by atoms with Gasteiger partial charge in [0.2, 0.25) is 10.0 Å². The molecule has 182 valence electrons. The minimum absolute atomic E-state index is 0.104. The van der Waals surface area contributed by atoms with Crippen LogP contribution in [0.25, 0.3) is 11.3 Å². The number of aromatic nitrogens is 2. The number of aromatic amines is 1. The smallest absolute Gasteiger partial charge is 0.253 e. The zero-order chi connectivity index (χ0) is 24.6. The lowest BCUT2D eigenvalue weighted by atomic mass is 10.1. The maximum atomic E-state index is 12.7. The van der Waals surface area contributed by atoms with Crippen molar-refractivity contribution in [3.8, 4) is 11.3 Å². The van der Waals surface area contributed by atoms with Crippen molar-refractivity contribution >= 4 is 15.9 Å². The topological polar surface area (TPSA) is 86.4 Å². The van der Waals surface area contributed by atoms with Gasteiger partial charge < -0.3 is 4.90 Å². The first-order chi connectivity index (χ1) is 16.4. The van der Waals surface area contributed by atoms with E-state index in [2.05, 4.69) is 16.3 Å². The molecule has 1 amide bonds. The number of benzene rings is 2. The number of hydrogen-bond donors (Lipinski definition) is 1. The van der Waals surface area contributed by atoms with Gasteiger partial charge >= 0.3 is 0 Å². The van der Waals surface area contributed by atoms with Crippen LogP contribution in [0.1, 0.15) is 49.2 Å². The Hall–Kier alpha value is -2.97. The fourth-order valence-corrected chi connectivity index (χ4v) is 5.35. The minimum Gasteiger partial charge on any atom is -0.342 e. The average molecular weight is 483 g/mol. The number of nitrogens with zero attached hydrogens (tertiary/aromatic N) is 3. The first-order valence-corrected chi connectivity index (χ1v) is 13.3. The molecule has 1 aromatic heterocycles. The van der Waals surface area contributed by atoms with Crippen LogP contribution < -0.4 is 0 Å². The van der Waals surface area contributed by atoms with Crippen LogP contribution in [0.3, 0.4) is 0 Å². The Morgan fingerprint density at radius 1 is 0.941 bits per heavy atom. The molecular formula is C26H34N4O3S. The molecule has 0 aliphatic heterocycles. The van der Waals surface area contributed by atoms with Crippen LogP contribution in [-0.2, 0) is 16.4 Å². The molecule has 1 N–H and O–H groups in total. The van der Waals surface area contributed by atoms with Crippen molar-refractivity contribution in [2.24, 2.45) is 0 Å². The fraction of sp³-hybridized carbons (Fsp3) is 0.385. The van der Waals surface area contributed by atoms with Crippen LogP contribution in [0.15, 0.2) is 65.6 Å². The van der Waals surface area contributed by atoms with Gasteiger partial charge in [0.25, 0.3) is 5.91 Å². The standard InChI is InChI=1S/C26H34N4O3S/c1-4-30(5-2)34(32,33)24-17-15-22(16-18-24)26(31)29(3)19-11-7-10-14-23-20-25(28-27-23)21-12-8-6-9-13-21/h6,8-9,12-13,15-18,20H,4-5,7,10-11,14,19H2,1-3H3,(H,27,28). The molecule has 7 nitrogen and oxygen atoms in total. The summed E-state index contributed by atoms with van der Waals surface area (Å²) in [6.07, 6.45) is 3.82. The molecule has 0 atom stereocenters. The van der Waals surface area contributed by atoms with Crippen molar-refractivity contribution in [1.82, 2.24) is 19.4 Å². The third-order valence-corrected chi connectivity index (χ3v) is 8.00. The quantitative estimate of drug-likeness (QED) is 0.383. The number of nitrogens with one attached hydrogen (secondary N) is 1. The lowest BCUT2D eigenvalue weighted by molar-refractivity contribution is 0.0792. The normalized spacial score (nSPS) is 11.6. The van der Waals surface area contributed by atoms with Crippen LogP contribution in [0, 0.1) is 0 Å². The van der Waals surface area contributed by atoms with E-state index in [1.165, 1.54) is 16.4 Å². The molecule has 0 aliphatic rings. The predicted molar refractivity (Wildman–Crippen MR) is 135 cm³/mol. The van der Waals surface area contributed by atoms with E-state index in [1.807, 2.05) is 44.2 Å². The van der Waals surface area contributed by atoms with E-state index in [0.29, 0.717) is 25.2 Å². The summed E-state index contributed by atoms with van der Waals surface area (Å²) >= 11 is 0. The van der Waals surface area contributed by atoms with Crippen LogP contribution in [0.4, 0.5) is 0 Å². The summed E-state index contributed by atoms with van der Waals surface area (Å²) in [6.45, 7) is 5.10.